The predicted molar refractivity (Wildman–Crippen MR) is 78.1 cm³/mol. The van der Waals surface area contributed by atoms with E-state index in [9.17, 15) is 0 Å². The second-order valence-electron chi connectivity index (χ2n) is 5.21. The third kappa shape index (κ3) is 7.25. The van der Waals surface area contributed by atoms with Crippen molar-refractivity contribution < 1.29 is 0 Å². The Morgan fingerprint density at radius 3 is 2.68 bits per heavy atom. The lowest BCUT2D eigenvalue weighted by Gasteiger charge is -2.17. The van der Waals surface area contributed by atoms with Crippen LogP contribution in [-0.2, 0) is 13.1 Å². The minimum Gasteiger partial charge on any atom is -0.311 e. The highest BCUT2D eigenvalue weighted by Gasteiger charge is 2.02. The first-order valence-electron chi connectivity index (χ1n) is 7.04. The van der Waals surface area contributed by atoms with Gasteiger partial charge in [-0.05, 0) is 47.2 Å². The van der Waals surface area contributed by atoms with Gasteiger partial charge in [0.2, 0.25) is 0 Å². The summed E-state index contributed by atoms with van der Waals surface area (Å²) in [7, 11) is 6.38. The van der Waals surface area contributed by atoms with Crippen molar-refractivity contribution in [1.82, 2.24) is 30.1 Å². The van der Waals surface area contributed by atoms with Crippen molar-refractivity contribution in [3.05, 3.63) is 11.9 Å². The molecule has 0 aliphatic carbocycles. The highest BCUT2D eigenvalue weighted by atomic mass is 15.4. The Labute approximate surface area is 116 Å². The van der Waals surface area contributed by atoms with Crippen LogP contribution in [0.15, 0.2) is 6.20 Å². The maximum Gasteiger partial charge on any atom is 0.0964 e. The molecule has 0 fully saturated rings. The van der Waals surface area contributed by atoms with Gasteiger partial charge in [-0.25, -0.2) is 0 Å². The molecule has 0 aromatic carbocycles. The van der Waals surface area contributed by atoms with E-state index < -0.39 is 0 Å². The van der Waals surface area contributed by atoms with Gasteiger partial charge in [-0.1, -0.05) is 12.1 Å². The molecule has 0 amide bonds. The number of aromatic nitrogens is 3. The van der Waals surface area contributed by atoms with E-state index in [1.54, 1.807) is 0 Å². The Morgan fingerprint density at radius 2 is 2.00 bits per heavy atom. The van der Waals surface area contributed by atoms with E-state index in [2.05, 4.69) is 53.5 Å². The molecule has 19 heavy (non-hydrogen) atoms. The van der Waals surface area contributed by atoms with E-state index >= 15 is 0 Å². The Morgan fingerprint density at radius 1 is 1.21 bits per heavy atom. The van der Waals surface area contributed by atoms with Crippen LogP contribution in [0.1, 0.15) is 19.0 Å². The number of nitrogens with one attached hydrogen (secondary N) is 1. The lowest BCUT2D eigenvalue weighted by Crippen LogP contribution is -2.27. The van der Waals surface area contributed by atoms with Crippen molar-refractivity contribution in [3.63, 3.8) is 0 Å². The quantitative estimate of drug-likeness (QED) is 0.660. The summed E-state index contributed by atoms with van der Waals surface area (Å²) < 4.78 is 1.93. The van der Waals surface area contributed by atoms with Crippen LogP contribution in [0, 0.1) is 0 Å². The molecule has 1 aromatic rings. The van der Waals surface area contributed by atoms with Gasteiger partial charge in [-0.15, -0.1) is 5.10 Å². The topological polar surface area (TPSA) is 49.2 Å². The average molecular weight is 268 g/mol. The van der Waals surface area contributed by atoms with Crippen molar-refractivity contribution in [3.8, 4) is 0 Å². The first-order chi connectivity index (χ1) is 9.11. The fourth-order valence-corrected chi connectivity index (χ4v) is 1.82. The number of nitrogens with zero attached hydrogens (tertiary/aromatic N) is 5. The van der Waals surface area contributed by atoms with Gasteiger partial charge < -0.3 is 15.1 Å². The van der Waals surface area contributed by atoms with E-state index in [1.165, 1.54) is 6.42 Å². The zero-order chi connectivity index (χ0) is 14.1. The molecule has 0 aliphatic rings. The standard InChI is InChI=1S/C13H28N6/c1-5-14-11-13-12-19(16-15-13)10-9-18(4)8-6-7-17(2)3/h12,14H,5-11H2,1-4H3. The molecule has 0 spiro atoms. The third-order valence-electron chi connectivity index (χ3n) is 3.00. The molecular formula is C13H28N6. The van der Waals surface area contributed by atoms with Gasteiger partial charge in [-0.3, -0.25) is 4.68 Å². The lowest BCUT2D eigenvalue weighted by atomic mass is 10.3. The van der Waals surface area contributed by atoms with Crippen LogP contribution in [0.2, 0.25) is 0 Å². The number of hydrogen-bond acceptors (Lipinski definition) is 5. The van der Waals surface area contributed by atoms with Gasteiger partial charge in [0.1, 0.15) is 0 Å². The van der Waals surface area contributed by atoms with Gasteiger partial charge in [0, 0.05) is 19.3 Å². The second-order valence-corrected chi connectivity index (χ2v) is 5.21. The van der Waals surface area contributed by atoms with E-state index in [0.29, 0.717) is 0 Å². The van der Waals surface area contributed by atoms with E-state index in [-0.39, 0.29) is 0 Å². The minimum atomic E-state index is 0.801. The molecule has 1 heterocycles. The predicted octanol–water partition coefficient (Wildman–Crippen LogP) is 0.271. The van der Waals surface area contributed by atoms with Crippen LogP contribution in [0.4, 0.5) is 0 Å². The fraction of sp³-hybridized carbons (Fsp3) is 0.846. The van der Waals surface area contributed by atoms with Crippen molar-refractivity contribution in [2.75, 3.05) is 47.3 Å². The normalized spacial score (nSPS) is 11.7. The van der Waals surface area contributed by atoms with Crippen molar-refractivity contribution >= 4 is 0 Å². The SMILES string of the molecule is CCNCc1cn(CCN(C)CCCN(C)C)nn1. The zero-order valence-electron chi connectivity index (χ0n) is 12.8. The van der Waals surface area contributed by atoms with Crippen LogP contribution in [0.25, 0.3) is 0 Å². The largest absolute Gasteiger partial charge is 0.311 e. The monoisotopic (exact) mass is 268 g/mol. The molecule has 1 rings (SSSR count). The highest BCUT2D eigenvalue weighted by molar-refractivity contribution is 4.91. The van der Waals surface area contributed by atoms with Crippen molar-refractivity contribution in [2.45, 2.75) is 26.4 Å². The molecule has 1 N–H and O–H groups in total. The van der Waals surface area contributed by atoms with Gasteiger partial charge in [-0.2, -0.15) is 0 Å². The van der Waals surface area contributed by atoms with E-state index in [1.807, 2.05) is 10.9 Å². The summed E-state index contributed by atoms with van der Waals surface area (Å²) >= 11 is 0. The smallest absolute Gasteiger partial charge is 0.0964 e. The zero-order valence-corrected chi connectivity index (χ0v) is 12.8. The van der Waals surface area contributed by atoms with Crippen molar-refractivity contribution in [1.29, 1.82) is 0 Å². The summed E-state index contributed by atoms with van der Waals surface area (Å²) in [5.74, 6) is 0. The molecule has 6 nitrogen and oxygen atoms in total. The van der Waals surface area contributed by atoms with Gasteiger partial charge >= 0.3 is 0 Å². The number of rotatable bonds is 10. The Kier molecular flexibility index (Phi) is 7.62. The summed E-state index contributed by atoms with van der Waals surface area (Å²) in [6, 6.07) is 0. The van der Waals surface area contributed by atoms with Crippen LogP contribution in [0.3, 0.4) is 0 Å². The average Bonchev–Trinajstić information content (AvgIpc) is 2.81. The van der Waals surface area contributed by atoms with Crippen LogP contribution >= 0.6 is 0 Å². The van der Waals surface area contributed by atoms with Crippen molar-refractivity contribution in [2.24, 2.45) is 0 Å². The van der Waals surface area contributed by atoms with E-state index in [4.69, 9.17) is 0 Å². The molecule has 0 bridgehead atoms. The van der Waals surface area contributed by atoms with Crippen LogP contribution in [0.5, 0.6) is 0 Å². The number of likely N-dealkylation sites (N-methyl/N-ethyl adjacent to an activating group) is 1. The van der Waals surface area contributed by atoms with Gasteiger partial charge in [0.05, 0.1) is 12.2 Å². The first kappa shape index (κ1) is 16.1. The lowest BCUT2D eigenvalue weighted by molar-refractivity contribution is 0.285. The minimum absolute atomic E-state index is 0.801. The van der Waals surface area contributed by atoms with Gasteiger partial charge in [0.25, 0.3) is 0 Å². The molecule has 0 saturated carbocycles. The molecule has 0 radical (unpaired) electrons. The van der Waals surface area contributed by atoms with Crippen LogP contribution < -0.4 is 5.32 Å². The molecule has 0 unspecified atom stereocenters. The Balaban J connectivity index is 2.18. The molecule has 0 aliphatic heterocycles. The molecule has 0 atom stereocenters. The first-order valence-corrected chi connectivity index (χ1v) is 7.04. The molecule has 0 saturated heterocycles. The van der Waals surface area contributed by atoms with E-state index in [0.717, 1.165) is 45.0 Å². The molecular weight excluding hydrogens is 240 g/mol. The summed E-state index contributed by atoms with van der Waals surface area (Å²) in [4.78, 5) is 4.56. The van der Waals surface area contributed by atoms with Crippen LogP contribution in [-0.4, -0.2) is 72.1 Å². The Hall–Kier alpha value is -0.980. The fourth-order valence-electron chi connectivity index (χ4n) is 1.82. The summed E-state index contributed by atoms with van der Waals surface area (Å²) in [5, 5.41) is 11.5. The Bertz CT molecular complexity index is 336. The molecule has 110 valence electrons. The molecule has 6 heteroatoms. The molecule has 1 aromatic heterocycles. The van der Waals surface area contributed by atoms with Gasteiger partial charge in [0.15, 0.2) is 0 Å². The maximum absolute atomic E-state index is 4.14. The second kappa shape index (κ2) is 9.01. The summed E-state index contributed by atoms with van der Waals surface area (Å²) in [6.07, 6.45) is 3.23. The summed E-state index contributed by atoms with van der Waals surface area (Å²) in [5.41, 5.74) is 1.01. The third-order valence-corrected chi connectivity index (χ3v) is 3.00. The number of hydrogen-bond donors (Lipinski definition) is 1. The highest BCUT2D eigenvalue weighted by Crippen LogP contribution is 1.95. The maximum atomic E-state index is 4.14. The summed E-state index contributed by atoms with van der Waals surface area (Å²) in [6.45, 7) is 8.02.